The summed E-state index contributed by atoms with van der Waals surface area (Å²) in [5.74, 6) is 1.22. The van der Waals surface area contributed by atoms with Gasteiger partial charge in [0.2, 0.25) is 5.89 Å². The van der Waals surface area contributed by atoms with E-state index in [-0.39, 0.29) is 0 Å². The molecule has 0 radical (unpaired) electrons. The Hall–Kier alpha value is -0.880. The van der Waals surface area contributed by atoms with Crippen molar-refractivity contribution in [3.63, 3.8) is 0 Å². The van der Waals surface area contributed by atoms with E-state index in [0.29, 0.717) is 10.7 Å². The average Bonchev–Trinajstić information content (AvgIpc) is 2.65. The molecular formula is C9H6Br2N2O2. The molecule has 0 saturated heterocycles. The fourth-order valence-corrected chi connectivity index (χ4v) is 1.89. The van der Waals surface area contributed by atoms with E-state index < -0.39 is 0 Å². The number of rotatable bonds is 2. The van der Waals surface area contributed by atoms with E-state index in [9.17, 15) is 0 Å². The van der Waals surface area contributed by atoms with Crippen molar-refractivity contribution in [2.24, 2.45) is 0 Å². The van der Waals surface area contributed by atoms with Gasteiger partial charge in [0.15, 0.2) is 0 Å². The maximum atomic E-state index is 5.23. The Morgan fingerprint density at radius 2 is 2.07 bits per heavy atom. The van der Waals surface area contributed by atoms with Gasteiger partial charge in [0.25, 0.3) is 4.80 Å². The average molecular weight is 334 g/mol. The molecule has 0 bridgehead atoms. The first-order valence-corrected chi connectivity index (χ1v) is 5.62. The summed E-state index contributed by atoms with van der Waals surface area (Å²) in [6, 6.07) is 5.54. The van der Waals surface area contributed by atoms with Crippen LogP contribution in [0.1, 0.15) is 0 Å². The van der Waals surface area contributed by atoms with Gasteiger partial charge in [-0.25, -0.2) is 0 Å². The van der Waals surface area contributed by atoms with Crippen molar-refractivity contribution in [1.82, 2.24) is 10.2 Å². The zero-order valence-corrected chi connectivity index (χ0v) is 10.9. The lowest BCUT2D eigenvalue weighted by atomic mass is 10.2. The molecule has 2 rings (SSSR count). The van der Waals surface area contributed by atoms with Crippen molar-refractivity contribution in [3.05, 3.63) is 27.5 Å². The minimum Gasteiger partial charge on any atom is -0.496 e. The fourth-order valence-electron chi connectivity index (χ4n) is 1.12. The summed E-state index contributed by atoms with van der Waals surface area (Å²) in [5.41, 5.74) is 0.834. The number of ether oxygens (including phenoxy) is 1. The fraction of sp³-hybridized carbons (Fsp3) is 0.111. The van der Waals surface area contributed by atoms with Crippen LogP contribution >= 0.6 is 31.9 Å². The van der Waals surface area contributed by atoms with Gasteiger partial charge in [-0.1, -0.05) is 0 Å². The molecule has 0 spiro atoms. The second-order valence-corrected chi connectivity index (χ2v) is 4.24. The molecule has 15 heavy (non-hydrogen) atoms. The molecule has 1 aromatic heterocycles. The molecule has 6 heteroatoms. The summed E-state index contributed by atoms with van der Waals surface area (Å²) in [7, 11) is 1.61. The van der Waals surface area contributed by atoms with Gasteiger partial charge in [-0.05, 0) is 34.1 Å². The molecule has 4 nitrogen and oxygen atoms in total. The van der Waals surface area contributed by atoms with Crippen LogP contribution in [0.25, 0.3) is 11.5 Å². The third-order valence-corrected chi connectivity index (χ3v) is 2.74. The van der Waals surface area contributed by atoms with E-state index in [0.717, 1.165) is 15.8 Å². The number of methoxy groups -OCH3 is 1. The predicted molar refractivity (Wildman–Crippen MR) is 61.7 cm³/mol. The predicted octanol–water partition coefficient (Wildman–Crippen LogP) is 3.27. The molecule has 0 saturated carbocycles. The Labute approximate surface area is 103 Å². The molecule has 0 aliphatic carbocycles. The number of benzene rings is 1. The molecule has 0 fully saturated rings. The van der Waals surface area contributed by atoms with Gasteiger partial charge in [0.05, 0.1) is 11.6 Å². The molecule has 0 aliphatic heterocycles. The summed E-state index contributed by atoms with van der Waals surface area (Å²) < 4.78 is 11.2. The Morgan fingerprint density at radius 1 is 1.27 bits per heavy atom. The summed E-state index contributed by atoms with van der Waals surface area (Å²) in [6.07, 6.45) is 0. The molecule has 0 aliphatic rings. The molecule has 0 amide bonds. The number of aromatic nitrogens is 2. The Morgan fingerprint density at radius 3 is 2.60 bits per heavy atom. The van der Waals surface area contributed by atoms with Crippen LogP contribution in [0.15, 0.2) is 31.9 Å². The molecule has 1 heterocycles. The lowest BCUT2D eigenvalue weighted by Gasteiger charge is -2.03. The van der Waals surface area contributed by atoms with Gasteiger partial charge in [-0.2, -0.15) is 0 Å². The van der Waals surface area contributed by atoms with Crippen LogP contribution in [0.2, 0.25) is 0 Å². The lowest BCUT2D eigenvalue weighted by molar-refractivity contribution is 0.412. The Balaban J connectivity index is 2.42. The summed E-state index contributed by atoms with van der Waals surface area (Å²) >= 11 is 6.48. The van der Waals surface area contributed by atoms with Gasteiger partial charge < -0.3 is 9.15 Å². The van der Waals surface area contributed by atoms with Crippen LogP contribution in [0, 0.1) is 0 Å². The monoisotopic (exact) mass is 332 g/mol. The minimum atomic E-state index is 0.365. The molecule has 0 N–H and O–H groups in total. The lowest BCUT2D eigenvalue weighted by Crippen LogP contribution is -1.85. The van der Waals surface area contributed by atoms with Crippen LogP contribution < -0.4 is 4.74 Å². The first kappa shape index (κ1) is 10.6. The topological polar surface area (TPSA) is 48.2 Å². The van der Waals surface area contributed by atoms with Gasteiger partial charge in [-0.3, -0.25) is 0 Å². The van der Waals surface area contributed by atoms with E-state index in [1.54, 1.807) is 7.11 Å². The van der Waals surface area contributed by atoms with Crippen molar-refractivity contribution >= 4 is 31.9 Å². The van der Waals surface area contributed by atoms with E-state index in [1.807, 2.05) is 18.2 Å². The van der Waals surface area contributed by atoms with Crippen molar-refractivity contribution in [2.75, 3.05) is 7.11 Å². The largest absolute Gasteiger partial charge is 0.496 e. The summed E-state index contributed by atoms with van der Waals surface area (Å²) in [4.78, 5) is 0.365. The second kappa shape index (κ2) is 4.32. The third-order valence-electron chi connectivity index (χ3n) is 1.80. The van der Waals surface area contributed by atoms with E-state index in [1.165, 1.54) is 0 Å². The third kappa shape index (κ3) is 2.21. The standard InChI is InChI=1S/C9H6Br2N2O2/c1-14-7-3-2-5(4-6(7)10)8-12-13-9(11)15-8/h2-4H,1H3. The van der Waals surface area contributed by atoms with E-state index in [2.05, 4.69) is 42.1 Å². The maximum absolute atomic E-state index is 5.23. The minimum absolute atomic E-state index is 0.365. The quantitative estimate of drug-likeness (QED) is 0.846. The molecule has 78 valence electrons. The van der Waals surface area contributed by atoms with Crippen LogP contribution in [0.4, 0.5) is 0 Å². The maximum Gasteiger partial charge on any atom is 0.285 e. The first-order chi connectivity index (χ1) is 7.20. The highest BCUT2D eigenvalue weighted by Crippen LogP contribution is 2.30. The number of hydrogen-bond acceptors (Lipinski definition) is 4. The normalized spacial score (nSPS) is 10.3. The second-order valence-electron chi connectivity index (χ2n) is 2.71. The molecule has 0 unspecified atom stereocenters. The highest BCUT2D eigenvalue weighted by Gasteiger charge is 2.08. The van der Waals surface area contributed by atoms with Crippen molar-refractivity contribution in [3.8, 4) is 17.2 Å². The van der Waals surface area contributed by atoms with E-state index in [4.69, 9.17) is 9.15 Å². The van der Waals surface area contributed by atoms with Gasteiger partial charge in [0, 0.05) is 21.5 Å². The van der Waals surface area contributed by atoms with Crippen LogP contribution in [0.3, 0.4) is 0 Å². The van der Waals surface area contributed by atoms with Crippen LogP contribution in [0.5, 0.6) is 5.75 Å². The van der Waals surface area contributed by atoms with Gasteiger partial charge >= 0.3 is 0 Å². The van der Waals surface area contributed by atoms with Crippen molar-refractivity contribution < 1.29 is 9.15 Å². The number of halogens is 2. The molecular weight excluding hydrogens is 328 g/mol. The Kier molecular flexibility index (Phi) is 3.06. The zero-order chi connectivity index (χ0) is 10.8. The SMILES string of the molecule is COc1ccc(-c2nnc(Br)o2)cc1Br. The molecule has 0 atom stereocenters. The zero-order valence-electron chi connectivity index (χ0n) is 7.70. The summed E-state index contributed by atoms with van der Waals surface area (Å²) in [6.45, 7) is 0. The van der Waals surface area contributed by atoms with Crippen molar-refractivity contribution in [2.45, 2.75) is 0 Å². The van der Waals surface area contributed by atoms with Crippen LogP contribution in [-0.2, 0) is 0 Å². The van der Waals surface area contributed by atoms with Gasteiger partial charge in [0.1, 0.15) is 5.75 Å². The summed E-state index contributed by atoms with van der Waals surface area (Å²) in [5, 5.41) is 7.58. The van der Waals surface area contributed by atoms with Crippen molar-refractivity contribution in [1.29, 1.82) is 0 Å². The van der Waals surface area contributed by atoms with Crippen LogP contribution in [-0.4, -0.2) is 17.3 Å². The molecule has 1 aromatic carbocycles. The van der Waals surface area contributed by atoms with E-state index >= 15 is 0 Å². The molecule has 2 aromatic rings. The Bertz CT molecular complexity index is 485. The highest BCUT2D eigenvalue weighted by molar-refractivity contribution is 9.10. The number of hydrogen-bond donors (Lipinski definition) is 0. The smallest absolute Gasteiger partial charge is 0.285 e. The first-order valence-electron chi connectivity index (χ1n) is 4.03. The number of nitrogens with zero attached hydrogens (tertiary/aromatic N) is 2. The highest BCUT2D eigenvalue weighted by atomic mass is 79.9. The van der Waals surface area contributed by atoms with Gasteiger partial charge in [-0.15, -0.1) is 10.2 Å².